The number of carbonyl (C=O) groups is 1. The van der Waals surface area contributed by atoms with Gasteiger partial charge in [0.1, 0.15) is 0 Å². The van der Waals surface area contributed by atoms with Gasteiger partial charge in [-0.1, -0.05) is 0 Å². The van der Waals surface area contributed by atoms with Crippen LogP contribution in [0.1, 0.15) is 16.3 Å². The Morgan fingerprint density at radius 2 is 2.04 bits per heavy atom. The molecule has 118 valence electrons. The van der Waals surface area contributed by atoms with Crippen LogP contribution in [0.3, 0.4) is 0 Å². The van der Waals surface area contributed by atoms with Gasteiger partial charge in [-0.15, -0.1) is 11.3 Å². The minimum absolute atomic E-state index is 0.119. The molecule has 3 N–H and O–H groups in total. The van der Waals surface area contributed by atoms with Crippen LogP contribution in [0.15, 0.2) is 27.8 Å². The molecule has 0 fully saturated rings. The van der Waals surface area contributed by atoms with E-state index in [1.807, 2.05) is 13.0 Å². The zero-order valence-electron chi connectivity index (χ0n) is 12.5. The van der Waals surface area contributed by atoms with Crippen LogP contribution in [-0.2, 0) is 11.2 Å². The summed E-state index contributed by atoms with van der Waals surface area (Å²) >= 11 is 1.58. The Morgan fingerprint density at radius 3 is 2.78 bits per heavy atom. The number of aryl methyl sites for hydroxylation is 2. The number of nitrogens with zero attached hydrogens (tertiary/aromatic N) is 1. The van der Waals surface area contributed by atoms with E-state index in [0.29, 0.717) is 11.4 Å². The van der Waals surface area contributed by atoms with Gasteiger partial charge < -0.3 is 10.3 Å². The van der Waals surface area contributed by atoms with Crippen molar-refractivity contribution >= 4 is 33.1 Å². The van der Waals surface area contributed by atoms with Crippen molar-refractivity contribution in [2.45, 2.75) is 20.3 Å². The average Bonchev–Trinajstić information content (AvgIpc) is 2.82. The molecule has 0 saturated heterocycles. The SMILES string of the molecule is Cc1nc2cc(NC(=O)Cc3c(C)[nH]c(=O)[nH]c3=O)ccc2s1. The van der Waals surface area contributed by atoms with Gasteiger partial charge in [-0.25, -0.2) is 9.78 Å². The van der Waals surface area contributed by atoms with Crippen molar-refractivity contribution in [2.75, 3.05) is 5.32 Å². The molecular weight excluding hydrogens is 316 g/mol. The van der Waals surface area contributed by atoms with Crippen LogP contribution in [0.2, 0.25) is 0 Å². The van der Waals surface area contributed by atoms with Gasteiger partial charge in [0.15, 0.2) is 0 Å². The fraction of sp³-hybridized carbons (Fsp3) is 0.200. The normalized spacial score (nSPS) is 10.9. The molecule has 23 heavy (non-hydrogen) atoms. The molecule has 3 aromatic rings. The number of aromatic nitrogens is 3. The standard InChI is InChI=1S/C15H14N4O3S/c1-7-10(14(21)19-15(22)16-7)6-13(20)18-9-3-4-12-11(5-9)17-8(2)23-12/h3-5H,6H2,1-2H3,(H,18,20)(H2,16,19,21,22). The lowest BCUT2D eigenvalue weighted by atomic mass is 10.1. The number of amides is 1. The lowest BCUT2D eigenvalue weighted by Gasteiger charge is -2.06. The smallest absolute Gasteiger partial charge is 0.325 e. The van der Waals surface area contributed by atoms with Gasteiger partial charge in [0.05, 0.1) is 21.6 Å². The summed E-state index contributed by atoms with van der Waals surface area (Å²) < 4.78 is 1.05. The number of rotatable bonds is 3. The number of carbonyl (C=O) groups excluding carboxylic acids is 1. The molecule has 7 nitrogen and oxygen atoms in total. The maximum Gasteiger partial charge on any atom is 0.325 e. The lowest BCUT2D eigenvalue weighted by Crippen LogP contribution is -2.29. The Balaban J connectivity index is 1.81. The van der Waals surface area contributed by atoms with Crippen molar-refractivity contribution in [1.82, 2.24) is 15.0 Å². The van der Waals surface area contributed by atoms with Crippen LogP contribution in [0, 0.1) is 13.8 Å². The first-order valence-corrected chi connectivity index (χ1v) is 7.73. The second-order valence-corrected chi connectivity index (χ2v) is 6.39. The van der Waals surface area contributed by atoms with Gasteiger partial charge in [-0.3, -0.25) is 14.6 Å². The highest BCUT2D eigenvalue weighted by atomic mass is 32.1. The highest BCUT2D eigenvalue weighted by Gasteiger charge is 2.12. The third-order valence-electron chi connectivity index (χ3n) is 3.37. The molecule has 3 rings (SSSR count). The number of anilines is 1. The van der Waals surface area contributed by atoms with E-state index in [9.17, 15) is 14.4 Å². The van der Waals surface area contributed by atoms with Gasteiger partial charge in [-0.05, 0) is 32.0 Å². The molecule has 2 aromatic heterocycles. The highest BCUT2D eigenvalue weighted by molar-refractivity contribution is 7.18. The maximum absolute atomic E-state index is 12.1. The zero-order chi connectivity index (χ0) is 16.6. The Bertz CT molecular complexity index is 1020. The van der Waals surface area contributed by atoms with Crippen molar-refractivity contribution in [3.8, 4) is 0 Å². The first-order valence-electron chi connectivity index (χ1n) is 6.91. The highest BCUT2D eigenvalue weighted by Crippen LogP contribution is 2.24. The Kier molecular flexibility index (Phi) is 3.83. The van der Waals surface area contributed by atoms with Crippen LogP contribution >= 0.6 is 11.3 Å². The van der Waals surface area contributed by atoms with Crippen LogP contribution in [0.25, 0.3) is 10.2 Å². The molecular formula is C15H14N4O3S. The molecule has 1 amide bonds. The van der Waals surface area contributed by atoms with Gasteiger partial charge in [0, 0.05) is 16.9 Å². The average molecular weight is 330 g/mol. The summed E-state index contributed by atoms with van der Waals surface area (Å²) in [6.07, 6.45) is -0.119. The van der Waals surface area contributed by atoms with Crippen LogP contribution in [0.5, 0.6) is 0 Å². The van der Waals surface area contributed by atoms with E-state index in [0.717, 1.165) is 15.2 Å². The number of hydrogen-bond acceptors (Lipinski definition) is 5. The van der Waals surface area contributed by atoms with Gasteiger partial charge in [0.25, 0.3) is 5.56 Å². The van der Waals surface area contributed by atoms with Crippen LogP contribution in [-0.4, -0.2) is 20.9 Å². The third kappa shape index (κ3) is 3.21. The summed E-state index contributed by atoms with van der Waals surface area (Å²) in [7, 11) is 0. The Morgan fingerprint density at radius 1 is 1.26 bits per heavy atom. The van der Waals surface area contributed by atoms with Crippen molar-refractivity contribution in [3.05, 3.63) is 55.3 Å². The number of benzene rings is 1. The second kappa shape index (κ2) is 5.81. The topological polar surface area (TPSA) is 108 Å². The van der Waals surface area contributed by atoms with E-state index < -0.39 is 11.2 Å². The van der Waals surface area contributed by atoms with Crippen molar-refractivity contribution in [1.29, 1.82) is 0 Å². The fourth-order valence-electron chi connectivity index (χ4n) is 2.32. The van der Waals surface area contributed by atoms with E-state index in [4.69, 9.17) is 0 Å². The molecule has 0 radical (unpaired) electrons. The van der Waals surface area contributed by atoms with E-state index >= 15 is 0 Å². The molecule has 0 aliphatic carbocycles. The van der Waals surface area contributed by atoms with Crippen molar-refractivity contribution < 1.29 is 4.79 Å². The van der Waals surface area contributed by atoms with Gasteiger partial charge >= 0.3 is 5.69 Å². The predicted octanol–water partition coefficient (Wildman–Crippen LogP) is 1.47. The predicted molar refractivity (Wildman–Crippen MR) is 89.1 cm³/mol. The molecule has 0 aliphatic rings. The van der Waals surface area contributed by atoms with Crippen molar-refractivity contribution in [3.63, 3.8) is 0 Å². The second-order valence-electron chi connectivity index (χ2n) is 5.15. The summed E-state index contributed by atoms with van der Waals surface area (Å²) in [5.74, 6) is -0.336. The molecule has 0 aliphatic heterocycles. The third-order valence-corrected chi connectivity index (χ3v) is 4.32. The van der Waals surface area contributed by atoms with E-state index in [1.165, 1.54) is 0 Å². The number of H-pyrrole nitrogens is 2. The number of hydrogen-bond donors (Lipinski definition) is 3. The summed E-state index contributed by atoms with van der Waals surface area (Å²) in [5.41, 5.74) is 0.940. The minimum atomic E-state index is -0.582. The summed E-state index contributed by atoms with van der Waals surface area (Å²) in [5, 5.41) is 3.70. The molecule has 0 spiro atoms. The van der Waals surface area contributed by atoms with Crippen LogP contribution < -0.4 is 16.6 Å². The lowest BCUT2D eigenvalue weighted by molar-refractivity contribution is -0.115. The molecule has 8 heteroatoms. The molecule has 0 bridgehead atoms. The monoisotopic (exact) mass is 330 g/mol. The molecule has 0 unspecified atom stereocenters. The molecule has 2 heterocycles. The van der Waals surface area contributed by atoms with E-state index in [1.54, 1.807) is 30.4 Å². The van der Waals surface area contributed by atoms with E-state index in [2.05, 4.69) is 20.3 Å². The fourth-order valence-corrected chi connectivity index (χ4v) is 3.13. The van der Waals surface area contributed by atoms with Gasteiger partial charge in [0.2, 0.25) is 5.91 Å². The Hall–Kier alpha value is -2.74. The quantitative estimate of drug-likeness (QED) is 0.676. The zero-order valence-corrected chi connectivity index (χ0v) is 13.3. The van der Waals surface area contributed by atoms with Crippen LogP contribution in [0.4, 0.5) is 5.69 Å². The number of aromatic amines is 2. The van der Waals surface area contributed by atoms with Crippen molar-refractivity contribution in [2.24, 2.45) is 0 Å². The van der Waals surface area contributed by atoms with E-state index in [-0.39, 0.29) is 17.9 Å². The van der Waals surface area contributed by atoms with Gasteiger partial charge in [-0.2, -0.15) is 0 Å². The minimum Gasteiger partial charge on any atom is -0.326 e. The summed E-state index contributed by atoms with van der Waals surface area (Å²) in [4.78, 5) is 44.0. The first-order chi connectivity index (χ1) is 10.9. The largest absolute Gasteiger partial charge is 0.326 e. The molecule has 0 saturated carbocycles. The molecule has 1 aromatic carbocycles. The first kappa shape index (κ1) is 15.2. The number of thiazole rings is 1. The maximum atomic E-state index is 12.1. The Labute approximate surface area is 134 Å². The summed E-state index contributed by atoms with van der Waals surface area (Å²) in [6, 6.07) is 5.48. The summed E-state index contributed by atoms with van der Waals surface area (Å²) in [6.45, 7) is 3.51. The number of nitrogens with one attached hydrogen (secondary N) is 3. The number of fused-ring (bicyclic) bond motifs is 1. The molecule has 0 atom stereocenters.